The van der Waals surface area contributed by atoms with Gasteiger partial charge in [-0.25, -0.2) is 0 Å². The van der Waals surface area contributed by atoms with Gasteiger partial charge < -0.3 is 5.32 Å². The lowest BCUT2D eigenvalue weighted by atomic mass is 9.92. The van der Waals surface area contributed by atoms with Crippen LogP contribution in [0.15, 0.2) is 22.7 Å². The summed E-state index contributed by atoms with van der Waals surface area (Å²) in [6.07, 6.45) is 5.14. The zero-order chi connectivity index (χ0) is 9.97. The van der Waals surface area contributed by atoms with Gasteiger partial charge in [0, 0.05) is 16.2 Å². The van der Waals surface area contributed by atoms with Crippen LogP contribution >= 0.6 is 15.9 Å². The molecule has 0 radical (unpaired) electrons. The van der Waals surface area contributed by atoms with Crippen LogP contribution in [0.2, 0.25) is 0 Å². The van der Waals surface area contributed by atoms with Crippen LogP contribution in [-0.4, -0.2) is 6.04 Å². The summed E-state index contributed by atoms with van der Waals surface area (Å²) in [7, 11) is 0. The molecule has 1 aromatic rings. The third-order valence-electron chi connectivity index (χ3n) is 2.91. The molecule has 14 heavy (non-hydrogen) atoms. The van der Waals surface area contributed by atoms with Gasteiger partial charge in [-0.15, -0.1) is 0 Å². The summed E-state index contributed by atoms with van der Waals surface area (Å²) in [4.78, 5) is 0. The van der Waals surface area contributed by atoms with Crippen molar-refractivity contribution in [2.75, 3.05) is 5.32 Å². The predicted molar refractivity (Wildman–Crippen MR) is 64.8 cm³/mol. The van der Waals surface area contributed by atoms with E-state index >= 15 is 0 Å². The highest BCUT2D eigenvalue weighted by Crippen LogP contribution is 2.27. The van der Waals surface area contributed by atoms with E-state index in [9.17, 15) is 0 Å². The molecule has 0 unspecified atom stereocenters. The van der Waals surface area contributed by atoms with Gasteiger partial charge in [-0.05, 0) is 49.4 Å². The van der Waals surface area contributed by atoms with Crippen LogP contribution in [0, 0.1) is 0 Å². The van der Waals surface area contributed by atoms with Gasteiger partial charge in [0.2, 0.25) is 0 Å². The molecule has 1 aliphatic carbocycles. The minimum absolute atomic E-state index is 0.724. The third-order valence-corrected chi connectivity index (χ3v) is 3.41. The molecule has 2 heteroatoms. The first kappa shape index (κ1) is 10.0. The monoisotopic (exact) mass is 253 g/mol. The first-order valence-electron chi connectivity index (χ1n) is 5.34. The van der Waals surface area contributed by atoms with Gasteiger partial charge in [-0.1, -0.05) is 22.9 Å². The van der Waals surface area contributed by atoms with Gasteiger partial charge in [0.15, 0.2) is 0 Å². The van der Waals surface area contributed by atoms with Crippen LogP contribution in [0.25, 0.3) is 0 Å². The summed E-state index contributed by atoms with van der Waals surface area (Å²) in [5.41, 5.74) is 2.73. The second-order valence-electron chi connectivity index (χ2n) is 3.93. The minimum Gasteiger partial charge on any atom is -0.382 e. The van der Waals surface area contributed by atoms with Gasteiger partial charge in [-0.2, -0.15) is 0 Å². The number of benzene rings is 1. The van der Waals surface area contributed by atoms with Crippen LogP contribution in [0.1, 0.15) is 31.7 Å². The largest absolute Gasteiger partial charge is 0.382 e. The zero-order valence-corrected chi connectivity index (χ0v) is 10.1. The number of rotatable bonds is 3. The Hall–Kier alpha value is -0.500. The highest BCUT2D eigenvalue weighted by molar-refractivity contribution is 9.10. The average Bonchev–Trinajstić information content (AvgIpc) is 2.13. The fourth-order valence-corrected chi connectivity index (χ4v) is 2.18. The number of nitrogens with one attached hydrogen (secondary N) is 1. The van der Waals surface area contributed by atoms with E-state index in [1.807, 2.05) is 0 Å². The number of hydrogen-bond acceptors (Lipinski definition) is 1. The maximum atomic E-state index is 3.60. The smallest absolute Gasteiger partial charge is 0.0375 e. The Morgan fingerprint density at radius 1 is 1.43 bits per heavy atom. The first-order chi connectivity index (χ1) is 6.79. The molecule has 76 valence electrons. The molecule has 0 atom stereocenters. The molecule has 1 fully saturated rings. The van der Waals surface area contributed by atoms with E-state index in [0.717, 1.165) is 12.5 Å². The van der Waals surface area contributed by atoms with Gasteiger partial charge in [0.1, 0.15) is 0 Å². The molecule has 1 aliphatic rings. The minimum atomic E-state index is 0.724. The maximum Gasteiger partial charge on any atom is 0.0375 e. The second kappa shape index (κ2) is 4.35. The first-order valence-corrected chi connectivity index (χ1v) is 6.14. The normalized spacial score (nSPS) is 16.4. The van der Waals surface area contributed by atoms with Crippen molar-refractivity contribution in [2.24, 2.45) is 0 Å². The van der Waals surface area contributed by atoms with E-state index < -0.39 is 0 Å². The number of anilines is 1. The molecule has 1 N–H and O–H groups in total. The van der Waals surface area contributed by atoms with Crippen molar-refractivity contribution in [3.63, 3.8) is 0 Å². The van der Waals surface area contributed by atoms with Crippen molar-refractivity contribution >= 4 is 21.6 Å². The lowest BCUT2D eigenvalue weighted by molar-refractivity contribution is 0.445. The lowest BCUT2D eigenvalue weighted by Gasteiger charge is -2.28. The van der Waals surface area contributed by atoms with E-state index in [2.05, 4.69) is 46.4 Å². The summed E-state index contributed by atoms with van der Waals surface area (Å²) in [5, 5.41) is 3.60. The van der Waals surface area contributed by atoms with Gasteiger partial charge in [-0.3, -0.25) is 0 Å². The van der Waals surface area contributed by atoms with Crippen LogP contribution in [0.5, 0.6) is 0 Å². The van der Waals surface area contributed by atoms with Crippen molar-refractivity contribution in [3.8, 4) is 0 Å². The quantitative estimate of drug-likeness (QED) is 0.860. The van der Waals surface area contributed by atoms with E-state index in [-0.39, 0.29) is 0 Å². The van der Waals surface area contributed by atoms with Crippen molar-refractivity contribution in [1.82, 2.24) is 0 Å². The van der Waals surface area contributed by atoms with Crippen LogP contribution in [0.4, 0.5) is 5.69 Å². The van der Waals surface area contributed by atoms with Crippen molar-refractivity contribution in [1.29, 1.82) is 0 Å². The third kappa shape index (κ3) is 2.11. The van der Waals surface area contributed by atoms with Gasteiger partial charge in [0.25, 0.3) is 0 Å². The molecule has 1 nitrogen and oxygen atoms in total. The van der Waals surface area contributed by atoms with E-state index in [1.54, 1.807) is 0 Å². The van der Waals surface area contributed by atoms with Crippen molar-refractivity contribution < 1.29 is 0 Å². The second-order valence-corrected chi connectivity index (χ2v) is 4.84. The molecule has 1 saturated carbocycles. The fourth-order valence-electron chi connectivity index (χ4n) is 1.77. The molecule has 0 aromatic heterocycles. The molecular weight excluding hydrogens is 238 g/mol. The molecular formula is C12H16BrN. The topological polar surface area (TPSA) is 12.0 Å². The highest BCUT2D eigenvalue weighted by Gasteiger charge is 2.17. The lowest BCUT2D eigenvalue weighted by Crippen LogP contribution is -2.27. The van der Waals surface area contributed by atoms with Gasteiger partial charge >= 0.3 is 0 Å². The van der Waals surface area contributed by atoms with E-state index in [4.69, 9.17) is 0 Å². The fraction of sp³-hybridized carbons (Fsp3) is 0.500. The zero-order valence-electron chi connectivity index (χ0n) is 8.52. The molecule has 0 aliphatic heterocycles. The van der Waals surface area contributed by atoms with Crippen LogP contribution in [-0.2, 0) is 6.42 Å². The van der Waals surface area contributed by atoms with Crippen LogP contribution in [0.3, 0.4) is 0 Å². The van der Waals surface area contributed by atoms with Crippen LogP contribution < -0.4 is 5.32 Å². The Morgan fingerprint density at radius 3 is 2.79 bits per heavy atom. The highest BCUT2D eigenvalue weighted by atomic mass is 79.9. The average molecular weight is 254 g/mol. The van der Waals surface area contributed by atoms with E-state index in [0.29, 0.717) is 0 Å². The number of halogens is 1. The molecule has 2 rings (SSSR count). The number of hydrogen-bond donors (Lipinski definition) is 1. The molecule has 1 aromatic carbocycles. The molecule has 0 bridgehead atoms. The summed E-state index contributed by atoms with van der Waals surface area (Å²) in [5.74, 6) is 0. The van der Waals surface area contributed by atoms with Crippen molar-refractivity contribution in [2.45, 2.75) is 38.6 Å². The molecule has 0 saturated heterocycles. The Labute approximate surface area is 94.0 Å². The Kier molecular flexibility index (Phi) is 3.12. The summed E-state index contributed by atoms with van der Waals surface area (Å²) >= 11 is 3.51. The van der Waals surface area contributed by atoms with Crippen molar-refractivity contribution in [3.05, 3.63) is 28.2 Å². The maximum absolute atomic E-state index is 3.60. The SMILES string of the molecule is CCc1cc(Br)ccc1NC1CCC1. The molecule has 0 spiro atoms. The summed E-state index contributed by atoms with van der Waals surface area (Å²) in [6, 6.07) is 7.23. The van der Waals surface area contributed by atoms with Gasteiger partial charge in [0.05, 0.1) is 0 Å². The Bertz CT molecular complexity index is 318. The Balaban J connectivity index is 2.14. The summed E-state index contributed by atoms with van der Waals surface area (Å²) < 4.78 is 1.17. The Morgan fingerprint density at radius 2 is 2.21 bits per heavy atom. The molecule has 0 heterocycles. The number of aryl methyl sites for hydroxylation is 1. The van der Waals surface area contributed by atoms with E-state index in [1.165, 1.54) is 35.0 Å². The molecule has 0 amide bonds. The predicted octanol–water partition coefficient (Wildman–Crippen LogP) is 3.98. The summed E-state index contributed by atoms with van der Waals surface area (Å²) in [6.45, 7) is 2.20. The standard InChI is InChI=1S/C12H16BrN/c1-2-9-8-10(13)6-7-12(9)14-11-4-3-5-11/h6-8,11,14H,2-5H2,1H3.